The van der Waals surface area contributed by atoms with Gasteiger partial charge in [0.15, 0.2) is 0 Å². The first-order valence-electron chi connectivity index (χ1n) is 4.53. The number of hydrogen-bond acceptors (Lipinski definition) is 2. The van der Waals surface area contributed by atoms with E-state index in [4.69, 9.17) is 0 Å². The van der Waals surface area contributed by atoms with Crippen LogP contribution in [0.1, 0.15) is 18.4 Å². The fourth-order valence-corrected chi connectivity index (χ4v) is 1.98. The van der Waals surface area contributed by atoms with Gasteiger partial charge in [-0.25, -0.2) is 4.98 Å². The van der Waals surface area contributed by atoms with Crippen molar-refractivity contribution in [3.05, 3.63) is 22.3 Å². The van der Waals surface area contributed by atoms with Gasteiger partial charge in [0, 0.05) is 23.8 Å². The third-order valence-electron chi connectivity index (χ3n) is 2.45. The molecule has 1 aromatic heterocycles. The minimum Gasteiger partial charge on any atom is -0.356 e. The van der Waals surface area contributed by atoms with Crippen LogP contribution >= 0.6 is 15.9 Å². The lowest BCUT2D eigenvalue weighted by molar-refractivity contribution is 0.884. The van der Waals surface area contributed by atoms with Crippen LogP contribution in [0.5, 0.6) is 0 Å². The highest BCUT2D eigenvalue weighted by atomic mass is 79.9. The Morgan fingerprint density at radius 2 is 2.23 bits per heavy atom. The van der Waals surface area contributed by atoms with Crippen LogP contribution in [0.4, 0.5) is 5.82 Å². The van der Waals surface area contributed by atoms with Gasteiger partial charge < -0.3 is 4.90 Å². The highest BCUT2D eigenvalue weighted by Gasteiger charge is 2.27. The van der Waals surface area contributed by atoms with Crippen molar-refractivity contribution in [2.24, 2.45) is 0 Å². The molecule has 13 heavy (non-hydrogen) atoms. The lowest BCUT2D eigenvalue weighted by Crippen LogP contribution is -2.21. The van der Waals surface area contributed by atoms with Crippen LogP contribution in [-0.2, 0) is 0 Å². The molecule has 0 aliphatic heterocycles. The second-order valence-electron chi connectivity index (χ2n) is 3.64. The Morgan fingerprint density at radius 1 is 1.54 bits per heavy atom. The van der Waals surface area contributed by atoms with E-state index in [0.29, 0.717) is 0 Å². The predicted molar refractivity (Wildman–Crippen MR) is 58.1 cm³/mol. The van der Waals surface area contributed by atoms with Gasteiger partial charge in [0.1, 0.15) is 5.82 Å². The molecule has 1 aromatic rings. The average molecular weight is 241 g/mol. The molecule has 0 saturated heterocycles. The predicted octanol–water partition coefficient (Wildman–Crippen LogP) is 2.75. The van der Waals surface area contributed by atoms with Crippen molar-refractivity contribution in [2.75, 3.05) is 11.9 Å². The number of rotatable bonds is 2. The van der Waals surface area contributed by atoms with E-state index in [1.807, 2.05) is 6.20 Å². The van der Waals surface area contributed by atoms with Crippen LogP contribution in [0.25, 0.3) is 0 Å². The molecule has 0 N–H and O–H groups in total. The number of nitrogens with zero attached hydrogens (tertiary/aromatic N) is 2. The highest BCUT2D eigenvalue weighted by Crippen LogP contribution is 2.31. The summed E-state index contributed by atoms with van der Waals surface area (Å²) in [7, 11) is 2.13. The molecule has 1 saturated carbocycles. The molecule has 0 aromatic carbocycles. The molecule has 70 valence electrons. The van der Waals surface area contributed by atoms with E-state index in [1.165, 1.54) is 18.4 Å². The lowest BCUT2D eigenvalue weighted by atomic mass is 10.3. The largest absolute Gasteiger partial charge is 0.356 e. The standard InChI is InChI=1S/C10H13BrN2/c1-7-5-8(11)6-12-10(7)13(2)9-3-4-9/h5-6,9H,3-4H2,1-2H3. The maximum atomic E-state index is 4.42. The van der Waals surface area contributed by atoms with E-state index in [9.17, 15) is 0 Å². The maximum Gasteiger partial charge on any atom is 0.131 e. The normalized spacial score (nSPS) is 15.9. The Hall–Kier alpha value is -0.570. The maximum absolute atomic E-state index is 4.42. The molecule has 0 spiro atoms. The van der Waals surface area contributed by atoms with E-state index in [0.717, 1.165) is 16.3 Å². The average Bonchev–Trinajstić information content (AvgIpc) is 2.85. The number of halogens is 1. The molecule has 2 nitrogen and oxygen atoms in total. The highest BCUT2D eigenvalue weighted by molar-refractivity contribution is 9.10. The summed E-state index contributed by atoms with van der Waals surface area (Å²) in [6.07, 6.45) is 4.49. The van der Waals surface area contributed by atoms with Crippen LogP contribution in [0, 0.1) is 6.92 Å². The molecule has 1 aliphatic carbocycles. The van der Waals surface area contributed by atoms with E-state index >= 15 is 0 Å². The zero-order chi connectivity index (χ0) is 9.42. The van der Waals surface area contributed by atoms with Crippen molar-refractivity contribution in [1.29, 1.82) is 0 Å². The molecule has 1 fully saturated rings. The van der Waals surface area contributed by atoms with Crippen molar-refractivity contribution < 1.29 is 0 Å². The molecule has 0 bridgehead atoms. The first-order chi connectivity index (χ1) is 6.18. The van der Waals surface area contributed by atoms with Crippen LogP contribution in [0.2, 0.25) is 0 Å². The number of aryl methyl sites for hydroxylation is 1. The minimum absolute atomic E-state index is 0.729. The molecule has 0 radical (unpaired) electrons. The summed E-state index contributed by atoms with van der Waals surface area (Å²) in [5.74, 6) is 1.12. The van der Waals surface area contributed by atoms with Gasteiger partial charge in [0.25, 0.3) is 0 Å². The second-order valence-corrected chi connectivity index (χ2v) is 4.55. The Labute approximate surface area is 87.1 Å². The summed E-state index contributed by atoms with van der Waals surface area (Å²) in [6, 6.07) is 2.84. The summed E-state index contributed by atoms with van der Waals surface area (Å²) in [6.45, 7) is 2.10. The van der Waals surface area contributed by atoms with Crippen molar-refractivity contribution in [3.8, 4) is 0 Å². The van der Waals surface area contributed by atoms with E-state index in [-0.39, 0.29) is 0 Å². The van der Waals surface area contributed by atoms with Gasteiger partial charge in [-0.3, -0.25) is 0 Å². The molecule has 0 unspecified atom stereocenters. The van der Waals surface area contributed by atoms with E-state index in [2.05, 4.69) is 45.9 Å². The van der Waals surface area contributed by atoms with Gasteiger partial charge in [-0.1, -0.05) is 0 Å². The Balaban J connectivity index is 2.28. The third kappa shape index (κ3) is 1.85. The quantitative estimate of drug-likeness (QED) is 0.791. The molecule has 1 aliphatic rings. The molecular weight excluding hydrogens is 228 g/mol. The zero-order valence-electron chi connectivity index (χ0n) is 7.92. The Morgan fingerprint density at radius 3 is 2.77 bits per heavy atom. The van der Waals surface area contributed by atoms with Gasteiger partial charge >= 0.3 is 0 Å². The smallest absolute Gasteiger partial charge is 0.131 e. The molecule has 3 heteroatoms. The van der Waals surface area contributed by atoms with Crippen molar-refractivity contribution >= 4 is 21.7 Å². The Bertz CT molecular complexity index is 321. The summed E-state index contributed by atoms with van der Waals surface area (Å²) >= 11 is 3.42. The fourth-order valence-electron chi connectivity index (χ4n) is 1.54. The summed E-state index contributed by atoms with van der Waals surface area (Å²) < 4.78 is 1.05. The van der Waals surface area contributed by atoms with Crippen LogP contribution in [-0.4, -0.2) is 18.1 Å². The van der Waals surface area contributed by atoms with Crippen molar-refractivity contribution in [3.63, 3.8) is 0 Å². The first kappa shape index (κ1) is 9.00. The van der Waals surface area contributed by atoms with Crippen LogP contribution in [0.3, 0.4) is 0 Å². The van der Waals surface area contributed by atoms with Gasteiger partial charge in [0.2, 0.25) is 0 Å². The molecule has 1 heterocycles. The van der Waals surface area contributed by atoms with Crippen LogP contribution in [0.15, 0.2) is 16.7 Å². The summed E-state index contributed by atoms with van der Waals surface area (Å²) in [5.41, 5.74) is 1.24. The molecule has 0 amide bonds. The molecule has 2 rings (SSSR count). The molecule has 0 atom stereocenters. The fraction of sp³-hybridized carbons (Fsp3) is 0.500. The van der Waals surface area contributed by atoms with Crippen LogP contribution < -0.4 is 4.90 Å². The third-order valence-corrected chi connectivity index (χ3v) is 2.88. The van der Waals surface area contributed by atoms with Gasteiger partial charge in [-0.2, -0.15) is 0 Å². The van der Waals surface area contributed by atoms with Gasteiger partial charge in [-0.15, -0.1) is 0 Å². The van der Waals surface area contributed by atoms with Crippen molar-refractivity contribution in [2.45, 2.75) is 25.8 Å². The SMILES string of the molecule is Cc1cc(Br)cnc1N(C)C1CC1. The minimum atomic E-state index is 0.729. The topological polar surface area (TPSA) is 16.1 Å². The number of pyridine rings is 1. The summed E-state index contributed by atoms with van der Waals surface area (Å²) in [4.78, 5) is 6.70. The lowest BCUT2D eigenvalue weighted by Gasteiger charge is -2.19. The van der Waals surface area contributed by atoms with E-state index < -0.39 is 0 Å². The monoisotopic (exact) mass is 240 g/mol. The summed E-state index contributed by atoms with van der Waals surface area (Å²) in [5, 5.41) is 0. The first-order valence-corrected chi connectivity index (χ1v) is 5.33. The number of anilines is 1. The molecular formula is C10H13BrN2. The van der Waals surface area contributed by atoms with Gasteiger partial charge in [0.05, 0.1) is 0 Å². The second kappa shape index (κ2) is 3.29. The Kier molecular flexibility index (Phi) is 2.28. The zero-order valence-corrected chi connectivity index (χ0v) is 9.50. The van der Waals surface area contributed by atoms with Gasteiger partial charge in [-0.05, 0) is 47.3 Å². The number of hydrogen-bond donors (Lipinski definition) is 0. The van der Waals surface area contributed by atoms with Crippen molar-refractivity contribution in [1.82, 2.24) is 4.98 Å². The number of aromatic nitrogens is 1. The van der Waals surface area contributed by atoms with E-state index in [1.54, 1.807) is 0 Å².